The van der Waals surface area contributed by atoms with Crippen molar-refractivity contribution in [3.05, 3.63) is 100 Å². The molecule has 0 saturated heterocycles. The Morgan fingerprint density at radius 3 is 2.19 bits per heavy atom. The van der Waals surface area contributed by atoms with E-state index >= 15 is 0 Å². The number of allylic oxidation sites excluding steroid dienone is 7. The highest BCUT2D eigenvalue weighted by molar-refractivity contribution is 6.39. The Morgan fingerprint density at radius 1 is 0.946 bits per heavy atom. The smallest absolute Gasteiger partial charge is 0.201 e. The van der Waals surface area contributed by atoms with Gasteiger partial charge < -0.3 is 10.0 Å². The Bertz CT molecular complexity index is 1380. The summed E-state index contributed by atoms with van der Waals surface area (Å²) < 4.78 is 0. The second-order valence-electron chi connectivity index (χ2n) is 11.4. The van der Waals surface area contributed by atoms with Crippen LogP contribution in [0.2, 0.25) is 0 Å². The number of ketones is 1. The summed E-state index contributed by atoms with van der Waals surface area (Å²) in [6.07, 6.45) is 7.85. The molecular formula is C33H38N2O2. The molecule has 4 heteroatoms. The van der Waals surface area contributed by atoms with Gasteiger partial charge >= 0.3 is 0 Å². The molecular weight excluding hydrogens is 456 g/mol. The lowest BCUT2D eigenvalue weighted by Gasteiger charge is -2.39. The molecule has 2 aromatic carbocycles. The Labute approximate surface area is 221 Å². The van der Waals surface area contributed by atoms with Crippen LogP contribution in [0.5, 0.6) is 0 Å². The second kappa shape index (κ2) is 10.0. The van der Waals surface area contributed by atoms with E-state index in [2.05, 4.69) is 62.7 Å². The normalized spacial score (nSPS) is 21.1. The predicted octanol–water partition coefficient (Wildman–Crippen LogP) is 8.00. The number of benzene rings is 2. The van der Waals surface area contributed by atoms with E-state index in [4.69, 9.17) is 0 Å². The number of Topliss-reactive ketones (excluding diaryl/α,β-unsaturated/α-hetero) is 1. The number of carbonyl (C=O) groups is 1. The van der Waals surface area contributed by atoms with Gasteiger partial charge in [-0.2, -0.15) is 0 Å². The van der Waals surface area contributed by atoms with Crippen molar-refractivity contribution in [1.82, 2.24) is 0 Å². The van der Waals surface area contributed by atoms with Crippen LogP contribution in [0.4, 0.5) is 11.4 Å². The first kappa shape index (κ1) is 26.4. The lowest BCUT2D eigenvalue weighted by Crippen LogP contribution is -2.38. The third kappa shape index (κ3) is 5.24. The Hall–Kier alpha value is -3.66. The molecule has 2 aromatic rings. The molecule has 2 aliphatic carbocycles. The molecule has 4 rings (SSSR count). The van der Waals surface area contributed by atoms with E-state index in [1.54, 1.807) is 0 Å². The highest BCUT2D eigenvalue weighted by Crippen LogP contribution is 2.42. The average molecular weight is 495 g/mol. The summed E-state index contributed by atoms with van der Waals surface area (Å²) in [5, 5.41) is 11.0. The van der Waals surface area contributed by atoms with E-state index in [1.807, 2.05) is 69.3 Å². The largest absolute Gasteiger partial charge is 0.506 e. The van der Waals surface area contributed by atoms with Crippen LogP contribution in [0, 0.1) is 19.8 Å². The maximum atomic E-state index is 13.3. The average Bonchev–Trinajstić information content (AvgIpc) is 2.97. The van der Waals surface area contributed by atoms with E-state index in [0.29, 0.717) is 11.1 Å². The summed E-state index contributed by atoms with van der Waals surface area (Å²) in [6.45, 7) is 16.9. The van der Waals surface area contributed by atoms with Crippen molar-refractivity contribution in [1.29, 1.82) is 0 Å². The van der Waals surface area contributed by atoms with Crippen molar-refractivity contribution in [2.45, 2.75) is 67.0 Å². The SMILES string of the molecule is Cc1ccc(N(c2ccc(C3=C(O)/C(=C4C=C/C(=N\C(C)C)C=C[C@H]/4C)C3=O)cc2)C(C)(C)C)c(C)c1. The zero-order valence-electron chi connectivity index (χ0n) is 23.3. The van der Waals surface area contributed by atoms with Crippen LogP contribution in [-0.2, 0) is 4.79 Å². The standard InChI is InChI=1S/C33H38N2O2/c1-20(2)34-25-13-10-22(4)27(17-14-25)30-31(36)29(32(30)37)24-11-15-26(16-12-24)35(33(6,7)8)28-18-9-21(3)19-23(28)5/h9-20,22,36H,1-8H3/b30-27+,34-25-/t22-/m1/s1. The van der Waals surface area contributed by atoms with Gasteiger partial charge in [-0.25, -0.2) is 0 Å². The molecule has 0 spiro atoms. The molecule has 0 bridgehead atoms. The van der Waals surface area contributed by atoms with Crippen LogP contribution in [-0.4, -0.2) is 28.2 Å². The lowest BCUT2D eigenvalue weighted by molar-refractivity contribution is -0.111. The minimum absolute atomic E-state index is 0.000712. The number of carbonyl (C=O) groups excluding carboxylic acids is 1. The number of hydrogen-bond donors (Lipinski definition) is 1. The van der Waals surface area contributed by atoms with E-state index in [-0.39, 0.29) is 29.0 Å². The number of aliphatic hydroxyl groups is 1. The number of aryl methyl sites for hydroxylation is 2. The van der Waals surface area contributed by atoms with Gasteiger partial charge in [-0.1, -0.05) is 48.9 Å². The summed E-state index contributed by atoms with van der Waals surface area (Å²) in [4.78, 5) is 20.2. The van der Waals surface area contributed by atoms with Crippen LogP contribution in [0.3, 0.4) is 0 Å². The minimum Gasteiger partial charge on any atom is -0.506 e. The maximum absolute atomic E-state index is 13.3. The Kier molecular flexibility index (Phi) is 7.14. The number of anilines is 2. The van der Waals surface area contributed by atoms with Crippen molar-refractivity contribution >= 4 is 28.4 Å². The third-order valence-electron chi connectivity index (χ3n) is 6.78. The van der Waals surface area contributed by atoms with Crippen LogP contribution in [0.25, 0.3) is 5.57 Å². The zero-order chi connectivity index (χ0) is 27.1. The molecule has 0 aliphatic heterocycles. The van der Waals surface area contributed by atoms with Crippen LogP contribution < -0.4 is 4.90 Å². The Balaban J connectivity index is 1.69. The van der Waals surface area contributed by atoms with Gasteiger partial charge in [0.15, 0.2) is 0 Å². The quantitative estimate of drug-likeness (QED) is 0.438. The first-order valence-electron chi connectivity index (χ1n) is 13.0. The first-order valence-corrected chi connectivity index (χ1v) is 13.0. The van der Waals surface area contributed by atoms with Crippen LogP contribution in [0.15, 0.2) is 88.7 Å². The number of aliphatic imine (C=N–C) groups is 1. The number of nitrogens with zero attached hydrogens (tertiary/aromatic N) is 2. The number of aliphatic hydroxyl groups excluding tert-OH is 1. The molecule has 0 amide bonds. The summed E-state index contributed by atoms with van der Waals surface area (Å²) >= 11 is 0. The van der Waals surface area contributed by atoms with E-state index < -0.39 is 0 Å². The molecule has 1 atom stereocenters. The molecule has 0 saturated carbocycles. The van der Waals surface area contributed by atoms with Gasteiger partial charge in [-0.05, 0) is 95.5 Å². The van der Waals surface area contributed by atoms with Gasteiger partial charge in [0.05, 0.1) is 16.9 Å². The van der Waals surface area contributed by atoms with Crippen molar-refractivity contribution in [2.24, 2.45) is 10.9 Å². The molecule has 1 N–H and O–H groups in total. The van der Waals surface area contributed by atoms with Crippen molar-refractivity contribution in [3.63, 3.8) is 0 Å². The maximum Gasteiger partial charge on any atom is 0.201 e. The molecule has 0 unspecified atom stereocenters. The van der Waals surface area contributed by atoms with Gasteiger partial charge in [0.2, 0.25) is 5.78 Å². The fraction of sp³-hybridized carbons (Fsp3) is 0.333. The lowest BCUT2D eigenvalue weighted by atomic mass is 9.78. The van der Waals surface area contributed by atoms with Gasteiger partial charge in [-0.3, -0.25) is 9.79 Å². The van der Waals surface area contributed by atoms with E-state index in [1.165, 1.54) is 11.1 Å². The molecule has 0 radical (unpaired) electrons. The van der Waals surface area contributed by atoms with Crippen molar-refractivity contribution in [2.75, 3.05) is 4.90 Å². The summed E-state index contributed by atoms with van der Waals surface area (Å²) in [5.41, 5.74) is 7.70. The number of hydrogen-bond acceptors (Lipinski definition) is 4. The van der Waals surface area contributed by atoms with E-state index in [9.17, 15) is 9.90 Å². The fourth-order valence-electron chi connectivity index (χ4n) is 5.08. The highest BCUT2D eigenvalue weighted by atomic mass is 16.3. The zero-order valence-corrected chi connectivity index (χ0v) is 23.3. The predicted molar refractivity (Wildman–Crippen MR) is 156 cm³/mol. The summed E-state index contributed by atoms with van der Waals surface area (Å²) in [7, 11) is 0. The van der Waals surface area contributed by atoms with Crippen molar-refractivity contribution in [3.8, 4) is 0 Å². The Morgan fingerprint density at radius 2 is 1.62 bits per heavy atom. The molecule has 2 aliphatic rings. The summed E-state index contributed by atoms with van der Waals surface area (Å²) in [6, 6.07) is 14.6. The fourth-order valence-corrected chi connectivity index (χ4v) is 5.08. The minimum atomic E-state index is -0.153. The molecule has 0 fully saturated rings. The molecule has 37 heavy (non-hydrogen) atoms. The van der Waals surface area contributed by atoms with E-state index in [0.717, 1.165) is 28.2 Å². The monoisotopic (exact) mass is 494 g/mol. The second-order valence-corrected chi connectivity index (χ2v) is 11.4. The van der Waals surface area contributed by atoms with Gasteiger partial charge in [0.25, 0.3) is 0 Å². The number of rotatable bonds is 4. The first-order chi connectivity index (χ1) is 17.4. The third-order valence-corrected chi connectivity index (χ3v) is 6.78. The molecule has 0 heterocycles. The van der Waals surface area contributed by atoms with Gasteiger partial charge in [0, 0.05) is 28.9 Å². The van der Waals surface area contributed by atoms with Gasteiger partial charge in [-0.15, -0.1) is 0 Å². The highest BCUT2D eigenvalue weighted by Gasteiger charge is 2.37. The topological polar surface area (TPSA) is 52.9 Å². The van der Waals surface area contributed by atoms with Crippen molar-refractivity contribution < 1.29 is 9.90 Å². The molecule has 192 valence electrons. The van der Waals surface area contributed by atoms with Gasteiger partial charge in [0.1, 0.15) is 5.76 Å². The molecule has 0 aromatic heterocycles. The van der Waals surface area contributed by atoms with Crippen LogP contribution in [0.1, 0.15) is 58.2 Å². The molecule has 4 nitrogen and oxygen atoms in total. The van der Waals surface area contributed by atoms with Crippen LogP contribution >= 0.6 is 0 Å². The summed E-state index contributed by atoms with van der Waals surface area (Å²) in [5.74, 6) is -0.0420.